The van der Waals surface area contributed by atoms with Gasteiger partial charge >= 0.3 is 5.97 Å². The third-order valence-corrected chi connectivity index (χ3v) is 4.12. The van der Waals surface area contributed by atoms with E-state index in [0.29, 0.717) is 5.69 Å². The monoisotopic (exact) mass is 293 g/mol. The fourth-order valence-electron chi connectivity index (χ4n) is 2.16. The molecule has 106 valence electrons. The molecular weight excluding hydrogens is 277 g/mol. The van der Waals surface area contributed by atoms with Crippen LogP contribution in [0.15, 0.2) is 24.3 Å². The van der Waals surface area contributed by atoms with Crippen molar-refractivity contribution in [2.24, 2.45) is 0 Å². The Morgan fingerprint density at radius 3 is 2.55 bits per heavy atom. The van der Waals surface area contributed by atoms with Gasteiger partial charge < -0.3 is 10.4 Å². The SMILES string of the molecule is Cc1cc(C(C)Nc2ccc(C(=O)O)cc2F)c(C)s1. The Hall–Kier alpha value is -1.88. The average molecular weight is 293 g/mol. The van der Waals surface area contributed by atoms with E-state index in [1.54, 1.807) is 11.3 Å². The number of carboxylic acids is 1. The molecule has 0 aliphatic carbocycles. The van der Waals surface area contributed by atoms with Crippen molar-refractivity contribution in [3.8, 4) is 0 Å². The predicted octanol–water partition coefficient (Wildman–Crippen LogP) is 4.38. The first-order chi connectivity index (χ1) is 9.38. The molecule has 2 N–H and O–H groups in total. The maximum atomic E-state index is 13.9. The summed E-state index contributed by atoms with van der Waals surface area (Å²) in [5.74, 6) is -1.69. The van der Waals surface area contributed by atoms with E-state index >= 15 is 0 Å². The number of benzene rings is 1. The summed E-state index contributed by atoms with van der Waals surface area (Å²) in [7, 11) is 0. The van der Waals surface area contributed by atoms with Gasteiger partial charge in [0.1, 0.15) is 5.82 Å². The first-order valence-electron chi connectivity index (χ1n) is 6.25. The summed E-state index contributed by atoms with van der Waals surface area (Å²) in [6, 6.07) is 5.94. The van der Waals surface area contributed by atoms with E-state index in [9.17, 15) is 9.18 Å². The van der Waals surface area contributed by atoms with Gasteiger partial charge in [0.05, 0.1) is 11.3 Å². The minimum absolute atomic E-state index is 0.0369. The number of carbonyl (C=O) groups is 1. The van der Waals surface area contributed by atoms with Gasteiger partial charge in [0, 0.05) is 15.8 Å². The molecule has 0 spiro atoms. The van der Waals surface area contributed by atoms with Gasteiger partial charge in [-0.05, 0) is 50.6 Å². The minimum Gasteiger partial charge on any atom is -0.478 e. The highest BCUT2D eigenvalue weighted by Crippen LogP contribution is 2.29. The number of carboxylic acid groups (broad SMARTS) is 1. The second kappa shape index (κ2) is 5.63. The van der Waals surface area contributed by atoms with Gasteiger partial charge in [-0.25, -0.2) is 9.18 Å². The maximum Gasteiger partial charge on any atom is 0.335 e. The number of hydrogen-bond acceptors (Lipinski definition) is 3. The van der Waals surface area contributed by atoms with Gasteiger partial charge in [0.15, 0.2) is 0 Å². The summed E-state index contributed by atoms with van der Waals surface area (Å²) in [6.45, 7) is 6.03. The molecule has 1 aromatic heterocycles. The molecule has 1 atom stereocenters. The van der Waals surface area contributed by atoms with E-state index in [4.69, 9.17) is 5.11 Å². The van der Waals surface area contributed by atoms with E-state index in [-0.39, 0.29) is 11.6 Å². The lowest BCUT2D eigenvalue weighted by atomic mass is 10.1. The van der Waals surface area contributed by atoms with E-state index in [1.165, 1.54) is 21.9 Å². The molecule has 0 amide bonds. The zero-order valence-corrected chi connectivity index (χ0v) is 12.3. The lowest BCUT2D eigenvalue weighted by Crippen LogP contribution is -2.09. The highest BCUT2D eigenvalue weighted by Gasteiger charge is 2.14. The average Bonchev–Trinajstić information content (AvgIpc) is 2.70. The third kappa shape index (κ3) is 2.99. The molecule has 0 aliphatic heterocycles. The third-order valence-electron chi connectivity index (χ3n) is 3.13. The molecule has 2 aromatic rings. The van der Waals surface area contributed by atoms with Gasteiger partial charge in [-0.1, -0.05) is 0 Å². The molecule has 1 aromatic carbocycles. The Bertz CT molecular complexity index is 651. The van der Waals surface area contributed by atoms with Crippen LogP contribution in [0, 0.1) is 19.7 Å². The largest absolute Gasteiger partial charge is 0.478 e. The maximum absolute atomic E-state index is 13.9. The predicted molar refractivity (Wildman–Crippen MR) is 79.2 cm³/mol. The molecule has 5 heteroatoms. The number of halogens is 1. The molecule has 3 nitrogen and oxygen atoms in total. The van der Waals surface area contributed by atoms with E-state index < -0.39 is 11.8 Å². The smallest absolute Gasteiger partial charge is 0.335 e. The van der Waals surface area contributed by atoms with Crippen molar-refractivity contribution < 1.29 is 14.3 Å². The van der Waals surface area contributed by atoms with Crippen LogP contribution in [0.25, 0.3) is 0 Å². The van der Waals surface area contributed by atoms with Crippen LogP contribution < -0.4 is 5.32 Å². The quantitative estimate of drug-likeness (QED) is 0.879. The minimum atomic E-state index is -1.13. The van der Waals surface area contributed by atoms with Gasteiger partial charge in [0.2, 0.25) is 0 Å². The lowest BCUT2D eigenvalue weighted by molar-refractivity contribution is 0.0696. The van der Waals surface area contributed by atoms with Crippen molar-refractivity contribution in [1.82, 2.24) is 0 Å². The summed E-state index contributed by atoms with van der Waals surface area (Å²) in [4.78, 5) is 13.2. The Morgan fingerprint density at radius 1 is 1.35 bits per heavy atom. The molecule has 2 rings (SSSR count). The van der Waals surface area contributed by atoms with Crippen molar-refractivity contribution in [1.29, 1.82) is 0 Å². The molecule has 0 aliphatic rings. The van der Waals surface area contributed by atoms with E-state index in [1.807, 2.05) is 20.8 Å². The number of hydrogen-bond donors (Lipinski definition) is 2. The van der Waals surface area contributed by atoms with Gasteiger partial charge in [-0.15, -0.1) is 11.3 Å². The van der Waals surface area contributed by atoms with Crippen molar-refractivity contribution >= 4 is 23.0 Å². The van der Waals surface area contributed by atoms with E-state index in [0.717, 1.165) is 11.6 Å². The van der Waals surface area contributed by atoms with Gasteiger partial charge in [-0.2, -0.15) is 0 Å². The molecule has 0 saturated carbocycles. The Labute approximate surface area is 121 Å². The zero-order valence-electron chi connectivity index (χ0n) is 11.5. The standard InChI is InChI=1S/C15H16FNO2S/c1-8-6-12(10(3)20-8)9(2)17-14-5-4-11(15(18)19)7-13(14)16/h4-7,9,17H,1-3H3,(H,18,19). The fourth-order valence-corrected chi connectivity index (χ4v) is 3.18. The first kappa shape index (κ1) is 14.5. The molecule has 0 bridgehead atoms. The van der Waals surface area contributed by atoms with Gasteiger partial charge in [-0.3, -0.25) is 0 Å². The van der Waals surface area contributed by atoms with Crippen LogP contribution in [0.4, 0.5) is 10.1 Å². The number of aryl methyl sites for hydroxylation is 2. The molecule has 20 heavy (non-hydrogen) atoms. The Morgan fingerprint density at radius 2 is 2.05 bits per heavy atom. The Kier molecular flexibility index (Phi) is 4.09. The summed E-state index contributed by atoms with van der Waals surface area (Å²) >= 11 is 1.71. The summed E-state index contributed by atoms with van der Waals surface area (Å²) in [6.07, 6.45) is 0. The Balaban J connectivity index is 2.22. The lowest BCUT2D eigenvalue weighted by Gasteiger charge is -2.16. The van der Waals surface area contributed by atoms with E-state index in [2.05, 4.69) is 11.4 Å². The number of nitrogens with one attached hydrogen (secondary N) is 1. The second-order valence-corrected chi connectivity index (χ2v) is 6.19. The normalized spacial score (nSPS) is 12.2. The molecular formula is C15H16FNO2S. The van der Waals surface area contributed by atoms with Crippen LogP contribution in [-0.2, 0) is 0 Å². The number of anilines is 1. The molecule has 1 unspecified atom stereocenters. The summed E-state index contributed by atoms with van der Waals surface area (Å²) in [5, 5.41) is 11.9. The first-order valence-corrected chi connectivity index (χ1v) is 7.06. The van der Waals surface area contributed by atoms with Crippen LogP contribution >= 0.6 is 11.3 Å². The highest BCUT2D eigenvalue weighted by molar-refractivity contribution is 7.12. The number of aromatic carboxylic acids is 1. The van der Waals surface area contributed by atoms with Crippen molar-refractivity contribution in [2.75, 3.05) is 5.32 Å². The summed E-state index contributed by atoms with van der Waals surface area (Å²) < 4.78 is 13.9. The highest BCUT2D eigenvalue weighted by atomic mass is 32.1. The van der Waals surface area contributed by atoms with Crippen LogP contribution in [0.5, 0.6) is 0 Å². The molecule has 0 saturated heterocycles. The number of rotatable bonds is 4. The summed E-state index contributed by atoms with van der Waals surface area (Å²) in [5.41, 5.74) is 1.39. The fraction of sp³-hybridized carbons (Fsp3) is 0.267. The number of thiophene rings is 1. The molecule has 1 heterocycles. The topological polar surface area (TPSA) is 49.3 Å². The van der Waals surface area contributed by atoms with Crippen molar-refractivity contribution in [2.45, 2.75) is 26.8 Å². The molecule has 0 fully saturated rings. The van der Waals surface area contributed by atoms with Crippen molar-refractivity contribution in [3.05, 3.63) is 51.0 Å². The van der Waals surface area contributed by atoms with Crippen LogP contribution in [-0.4, -0.2) is 11.1 Å². The second-order valence-electron chi connectivity index (χ2n) is 4.73. The zero-order chi connectivity index (χ0) is 14.9. The van der Waals surface area contributed by atoms with Crippen LogP contribution in [0.3, 0.4) is 0 Å². The van der Waals surface area contributed by atoms with Crippen molar-refractivity contribution in [3.63, 3.8) is 0 Å². The van der Waals surface area contributed by atoms with Crippen LogP contribution in [0.1, 0.15) is 38.6 Å². The molecule has 0 radical (unpaired) electrons. The van der Waals surface area contributed by atoms with Crippen LogP contribution in [0.2, 0.25) is 0 Å². The van der Waals surface area contributed by atoms with Gasteiger partial charge in [0.25, 0.3) is 0 Å².